The molecule has 0 fully saturated rings. The van der Waals surface area contributed by atoms with E-state index >= 15 is 0 Å². The van der Waals surface area contributed by atoms with Gasteiger partial charge >= 0.3 is 0 Å². The molecule has 0 aliphatic rings. The highest BCUT2D eigenvalue weighted by Gasteiger charge is 2.08. The molecule has 2 N–H and O–H groups in total. The van der Waals surface area contributed by atoms with Crippen molar-refractivity contribution in [2.45, 2.75) is 27.2 Å². The Morgan fingerprint density at radius 3 is 2.75 bits per heavy atom. The van der Waals surface area contributed by atoms with E-state index in [2.05, 4.69) is 22.0 Å². The van der Waals surface area contributed by atoms with Crippen LogP contribution in [0.1, 0.15) is 27.2 Å². The van der Waals surface area contributed by atoms with Gasteiger partial charge in [0.15, 0.2) is 0 Å². The molecular formula is C11H18N4O. The van der Waals surface area contributed by atoms with Gasteiger partial charge in [-0.1, -0.05) is 13.8 Å². The van der Waals surface area contributed by atoms with Crippen LogP contribution in [0.4, 0.5) is 0 Å². The lowest BCUT2D eigenvalue weighted by atomic mass is 10.1. The van der Waals surface area contributed by atoms with Crippen LogP contribution in [0, 0.1) is 22.8 Å². The van der Waals surface area contributed by atoms with E-state index in [-0.39, 0.29) is 5.84 Å². The molecule has 0 aromatic heterocycles. The molecule has 0 heterocycles. The van der Waals surface area contributed by atoms with Crippen molar-refractivity contribution in [2.75, 3.05) is 7.05 Å². The largest absolute Gasteiger partial charge is 0.390 e. The highest BCUT2D eigenvalue weighted by molar-refractivity contribution is 5.97. The monoisotopic (exact) mass is 222 g/mol. The summed E-state index contributed by atoms with van der Waals surface area (Å²) in [5.74, 6) is 0.781. The molecule has 0 radical (unpaired) electrons. The molecule has 0 aliphatic heterocycles. The van der Waals surface area contributed by atoms with E-state index < -0.39 is 0 Å². The number of allylic oxidation sites excluding steroid dienone is 1. The van der Waals surface area contributed by atoms with Crippen LogP contribution in [-0.2, 0) is 4.74 Å². The van der Waals surface area contributed by atoms with Crippen LogP contribution in [-0.4, -0.2) is 19.1 Å². The lowest BCUT2D eigenvalue weighted by molar-refractivity contribution is 0.373. The normalized spacial score (nSPS) is 13.9. The maximum atomic E-state index is 8.41. The van der Waals surface area contributed by atoms with E-state index in [4.69, 9.17) is 10.7 Å². The molecule has 88 valence electrons. The van der Waals surface area contributed by atoms with E-state index in [0.717, 1.165) is 6.42 Å². The average Bonchev–Trinajstić information content (AvgIpc) is 2.28. The highest BCUT2D eigenvalue weighted by Crippen LogP contribution is 2.08. The SMILES string of the molecule is CCC(C)/C=N\C(C(=N)NC)=C(/C)OC#N. The Balaban J connectivity index is 4.98. The minimum Gasteiger partial charge on any atom is -0.390 e. The zero-order chi connectivity index (χ0) is 12.6. The van der Waals surface area contributed by atoms with Crippen molar-refractivity contribution in [2.24, 2.45) is 10.9 Å². The minimum atomic E-state index is 0.132. The van der Waals surface area contributed by atoms with Crippen molar-refractivity contribution in [3.8, 4) is 6.26 Å². The maximum Gasteiger partial charge on any atom is 0.291 e. The van der Waals surface area contributed by atoms with Gasteiger partial charge in [0.25, 0.3) is 6.26 Å². The van der Waals surface area contributed by atoms with Crippen molar-refractivity contribution >= 4 is 12.1 Å². The molecule has 0 spiro atoms. The number of hydrogen-bond acceptors (Lipinski definition) is 4. The summed E-state index contributed by atoms with van der Waals surface area (Å²) in [6.07, 6.45) is 4.30. The second-order valence-corrected chi connectivity index (χ2v) is 3.39. The fourth-order valence-electron chi connectivity index (χ4n) is 0.874. The number of hydrogen-bond donors (Lipinski definition) is 2. The van der Waals surface area contributed by atoms with Gasteiger partial charge in [0, 0.05) is 13.3 Å². The number of ether oxygens (including phenoxy) is 1. The number of rotatable bonds is 5. The molecule has 0 saturated heterocycles. The molecule has 0 amide bonds. The van der Waals surface area contributed by atoms with Crippen LogP contribution in [0.15, 0.2) is 16.4 Å². The Hall–Kier alpha value is -1.83. The zero-order valence-corrected chi connectivity index (χ0v) is 10.2. The van der Waals surface area contributed by atoms with Gasteiger partial charge in [0.1, 0.15) is 17.3 Å². The van der Waals surface area contributed by atoms with Crippen molar-refractivity contribution < 1.29 is 4.74 Å². The van der Waals surface area contributed by atoms with E-state index in [9.17, 15) is 0 Å². The van der Waals surface area contributed by atoms with Crippen molar-refractivity contribution in [3.63, 3.8) is 0 Å². The zero-order valence-electron chi connectivity index (χ0n) is 10.2. The quantitative estimate of drug-likeness (QED) is 0.323. The molecule has 0 aromatic carbocycles. The van der Waals surface area contributed by atoms with Gasteiger partial charge in [-0.25, -0.2) is 0 Å². The predicted octanol–water partition coefficient (Wildman–Crippen LogP) is 2.03. The van der Waals surface area contributed by atoms with E-state index in [0.29, 0.717) is 17.4 Å². The Kier molecular flexibility index (Phi) is 6.61. The van der Waals surface area contributed by atoms with Crippen LogP contribution in [0.3, 0.4) is 0 Å². The van der Waals surface area contributed by atoms with Gasteiger partial charge in [-0.3, -0.25) is 10.4 Å². The third kappa shape index (κ3) is 4.60. The van der Waals surface area contributed by atoms with Crippen LogP contribution in [0.5, 0.6) is 0 Å². The third-order valence-electron chi connectivity index (χ3n) is 2.12. The lowest BCUT2D eigenvalue weighted by Gasteiger charge is -2.07. The topological polar surface area (TPSA) is 81.3 Å². The number of aliphatic imine (C=N–C) groups is 1. The first-order valence-electron chi connectivity index (χ1n) is 5.14. The molecule has 1 atom stereocenters. The summed E-state index contributed by atoms with van der Waals surface area (Å²) >= 11 is 0. The Morgan fingerprint density at radius 1 is 1.69 bits per heavy atom. The summed E-state index contributed by atoms with van der Waals surface area (Å²) < 4.78 is 4.68. The second-order valence-electron chi connectivity index (χ2n) is 3.39. The third-order valence-corrected chi connectivity index (χ3v) is 2.12. The summed E-state index contributed by atoms with van der Waals surface area (Å²) in [6, 6.07) is 0. The molecule has 0 saturated carbocycles. The number of nitrogens with zero attached hydrogens (tertiary/aromatic N) is 2. The Labute approximate surface area is 96.3 Å². The molecule has 1 unspecified atom stereocenters. The summed E-state index contributed by atoms with van der Waals surface area (Å²) in [5.41, 5.74) is 0.351. The van der Waals surface area contributed by atoms with Gasteiger partial charge in [0.05, 0.1) is 0 Å². The van der Waals surface area contributed by atoms with E-state index in [1.165, 1.54) is 0 Å². The highest BCUT2D eigenvalue weighted by atomic mass is 16.5. The molecule has 0 aliphatic carbocycles. The van der Waals surface area contributed by atoms with Crippen molar-refractivity contribution in [3.05, 3.63) is 11.5 Å². The van der Waals surface area contributed by atoms with Crippen LogP contribution in [0.25, 0.3) is 0 Å². The van der Waals surface area contributed by atoms with E-state index in [1.54, 1.807) is 26.4 Å². The first kappa shape index (κ1) is 14.2. The Bertz CT molecular complexity index is 338. The fraction of sp³-hybridized carbons (Fsp3) is 0.545. The molecule has 5 heteroatoms. The number of nitriles is 1. The van der Waals surface area contributed by atoms with Crippen LogP contribution >= 0.6 is 0 Å². The van der Waals surface area contributed by atoms with Gasteiger partial charge in [-0.15, -0.1) is 5.26 Å². The molecule has 5 nitrogen and oxygen atoms in total. The maximum absolute atomic E-state index is 8.41. The second kappa shape index (κ2) is 7.46. The smallest absolute Gasteiger partial charge is 0.291 e. The number of amidine groups is 1. The van der Waals surface area contributed by atoms with Crippen molar-refractivity contribution in [1.82, 2.24) is 5.32 Å². The summed E-state index contributed by atoms with van der Waals surface area (Å²) in [4.78, 5) is 4.18. The molecular weight excluding hydrogens is 204 g/mol. The predicted molar refractivity (Wildman–Crippen MR) is 64.1 cm³/mol. The number of likely N-dealkylation sites (N-methyl/N-ethyl adjacent to an activating group) is 1. The average molecular weight is 222 g/mol. The summed E-state index contributed by atoms with van der Waals surface area (Å²) in [7, 11) is 1.63. The number of nitrogens with one attached hydrogen (secondary N) is 2. The van der Waals surface area contributed by atoms with Crippen molar-refractivity contribution in [1.29, 1.82) is 10.7 Å². The standard InChI is InChI=1S/C11H18N4O/c1-5-8(2)6-15-10(11(13)14-4)9(3)16-7-12/h6,8H,5H2,1-4H3,(H2,13,14)/b10-9+,15-6-. The minimum absolute atomic E-state index is 0.132. The van der Waals surface area contributed by atoms with Gasteiger partial charge in [-0.2, -0.15) is 0 Å². The van der Waals surface area contributed by atoms with Gasteiger partial charge in [-0.05, 0) is 19.3 Å². The summed E-state index contributed by atoms with van der Waals surface area (Å²) in [5, 5.41) is 18.7. The molecule has 0 bridgehead atoms. The van der Waals surface area contributed by atoms with Gasteiger partial charge in [0.2, 0.25) is 0 Å². The van der Waals surface area contributed by atoms with Gasteiger partial charge < -0.3 is 10.1 Å². The van der Waals surface area contributed by atoms with Crippen LogP contribution in [0.2, 0.25) is 0 Å². The summed E-state index contributed by atoms with van der Waals surface area (Å²) in [6.45, 7) is 5.70. The first-order chi connectivity index (χ1) is 7.56. The molecule has 16 heavy (non-hydrogen) atoms. The molecule has 0 aromatic rings. The lowest BCUT2D eigenvalue weighted by Crippen LogP contribution is -2.20. The fourth-order valence-corrected chi connectivity index (χ4v) is 0.874. The first-order valence-corrected chi connectivity index (χ1v) is 5.14. The molecule has 0 rings (SSSR count). The van der Waals surface area contributed by atoms with E-state index in [1.807, 2.05) is 6.92 Å². The van der Waals surface area contributed by atoms with Crippen LogP contribution < -0.4 is 5.32 Å². The Morgan fingerprint density at radius 2 is 2.31 bits per heavy atom.